The van der Waals surface area contributed by atoms with Crippen molar-refractivity contribution in [3.05, 3.63) is 47.5 Å². The maximum absolute atomic E-state index is 12.0. The quantitative estimate of drug-likeness (QED) is 0.130. The molecule has 0 aliphatic rings. The van der Waals surface area contributed by atoms with Crippen LogP contribution in [-0.4, -0.2) is 31.0 Å². The number of rotatable bonds is 20. The second-order valence-corrected chi connectivity index (χ2v) is 8.65. The van der Waals surface area contributed by atoms with E-state index in [1.54, 1.807) is 6.07 Å². The SMILES string of the molecule is CCCCCCCC/C=C\CCCCCCCC(=O)NCCOC(=O)c1ccccc1C(=O)[O-].[Na+]. The van der Waals surface area contributed by atoms with Crippen LogP contribution in [0.3, 0.4) is 0 Å². The average Bonchev–Trinajstić information content (AvgIpc) is 2.84. The number of amides is 1. The number of carboxylic acid groups (broad SMARTS) is 1. The summed E-state index contributed by atoms with van der Waals surface area (Å²) in [5, 5.41) is 13.8. The first-order valence-electron chi connectivity index (χ1n) is 13.0. The second-order valence-electron chi connectivity index (χ2n) is 8.65. The van der Waals surface area contributed by atoms with E-state index in [0.717, 1.165) is 25.7 Å². The van der Waals surface area contributed by atoms with Crippen molar-refractivity contribution in [1.82, 2.24) is 5.32 Å². The van der Waals surface area contributed by atoms with E-state index in [1.807, 2.05) is 0 Å². The number of hydrogen-bond donors (Lipinski definition) is 1. The van der Waals surface area contributed by atoms with E-state index < -0.39 is 11.9 Å². The fourth-order valence-corrected chi connectivity index (χ4v) is 3.70. The summed E-state index contributed by atoms with van der Waals surface area (Å²) in [5.74, 6) is -2.24. The molecule has 0 atom stereocenters. The molecule has 0 heterocycles. The van der Waals surface area contributed by atoms with Crippen molar-refractivity contribution >= 4 is 17.8 Å². The van der Waals surface area contributed by atoms with E-state index in [0.29, 0.717) is 6.42 Å². The topological polar surface area (TPSA) is 95.5 Å². The van der Waals surface area contributed by atoms with Crippen molar-refractivity contribution in [3.8, 4) is 0 Å². The number of hydrogen-bond acceptors (Lipinski definition) is 5. The predicted molar refractivity (Wildman–Crippen MR) is 134 cm³/mol. The molecule has 0 bridgehead atoms. The van der Waals surface area contributed by atoms with Crippen molar-refractivity contribution in [2.24, 2.45) is 0 Å². The maximum Gasteiger partial charge on any atom is 1.00 e. The Morgan fingerprint density at radius 2 is 1.37 bits per heavy atom. The van der Waals surface area contributed by atoms with Crippen molar-refractivity contribution in [2.45, 2.75) is 96.8 Å². The van der Waals surface area contributed by atoms with Crippen LogP contribution in [0.1, 0.15) is 118 Å². The molecule has 0 saturated carbocycles. The molecule has 1 N–H and O–H groups in total. The second kappa shape index (κ2) is 22.8. The smallest absolute Gasteiger partial charge is 0.545 e. The molecule has 0 aliphatic carbocycles. The Morgan fingerprint density at radius 3 is 1.97 bits per heavy atom. The molecule has 0 spiro atoms. The van der Waals surface area contributed by atoms with Gasteiger partial charge in [0.05, 0.1) is 18.1 Å². The number of allylic oxidation sites excluding steroid dienone is 2. The van der Waals surface area contributed by atoms with E-state index in [9.17, 15) is 19.5 Å². The number of nitrogens with one attached hydrogen (secondary N) is 1. The molecule has 1 aromatic carbocycles. The van der Waals surface area contributed by atoms with E-state index in [-0.39, 0.29) is 59.7 Å². The average molecular weight is 496 g/mol. The Labute approximate surface area is 233 Å². The van der Waals surface area contributed by atoms with Gasteiger partial charge in [-0.05, 0) is 38.2 Å². The van der Waals surface area contributed by atoms with Crippen LogP contribution >= 0.6 is 0 Å². The van der Waals surface area contributed by atoms with Gasteiger partial charge in [-0.1, -0.05) is 88.6 Å². The standard InChI is InChI=1S/C28H43NO5.Na/c1-2-3-4-5-6-7-8-9-10-11-12-13-14-15-16-21-26(30)29-22-23-34-28(33)25-20-18-17-19-24(25)27(31)32;/h9-10,17-20H,2-8,11-16,21-23H2,1H3,(H,29,30)(H,31,32);/q;+1/p-1/b10-9-;. The first-order valence-corrected chi connectivity index (χ1v) is 13.0. The van der Waals surface area contributed by atoms with Crippen molar-refractivity contribution < 1.29 is 53.8 Å². The summed E-state index contributed by atoms with van der Waals surface area (Å²) in [6.45, 7) is 2.43. The van der Waals surface area contributed by atoms with E-state index in [4.69, 9.17) is 4.74 Å². The third kappa shape index (κ3) is 17.4. The van der Waals surface area contributed by atoms with E-state index in [1.165, 1.54) is 76.0 Å². The van der Waals surface area contributed by atoms with Gasteiger partial charge in [0, 0.05) is 12.0 Å². The summed E-state index contributed by atoms with van der Waals surface area (Å²) in [4.78, 5) is 34.9. The third-order valence-electron chi connectivity index (χ3n) is 5.69. The number of esters is 1. The molecule has 6 nitrogen and oxygen atoms in total. The number of carboxylic acids is 1. The number of carbonyl (C=O) groups excluding carboxylic acids is 3. The van der Waals surface area contributed by atoms with Gasteiger partial charge in [0.1, 0.15) is 6.61 Å². The third-order valence-corrected chi connectivity index (χ3v) is 5.69. The monoisotopic (exact) mass is 495 g/mol. The van der Waals surface area contributed by atoms with Crippen LogP contribution in [0.25, 0.3) is 0 Å². The summed E-state index contributed by atoms with van der Waals surface area (Å²) < 4.78 is 5.05. The molecule has 1 aromatic rings. The molecule has 0 unspecified atom stereocenters. The Bertz CT molecular complexity index is 751. The fourth-order valence-electron chi connectivity index (χ4n) is 3.70. The molecule has 1 rings (SSSR count). The summed E-state index contributed by atoms with van der Waals surface area (Å²) >= 11 is 0. The van der Waals surface area contributed by atoms with Crippen LogP contribution in [0.4, 0.5) is 0 Å². The molecular formula is C28H42NNaO5. The van der Waals surface area contributed by atoms with E-state index in [2.05, 4.69) is 24.4 Å². The van der Waals surface area contributed by atoms with Crippen molar-refractivity contribution in [3.63, 3.8) is 0 Å². The number of ether oxygens (including phenoxy) is 1. The van der Waals surface area contributed by atoms with Crippen LogP contribution in [0.2, 0.25) is 0 Å². The summed E-state index contributed by atoms with van der Waals surface area (Å²) in [6.07, 6.45) is 20.9. The summed E-state index contributed by atoms with van der Waals surface area (Å²) in [5.41, 5.74) is -0.261. The molecule has 7 heteroatoms. The number of carbonyl (C=O) groups is 3. The molecule has 35 heavy (non-hydrogen) atoms. The van der Waals surface area contributed by atoms with Gasteiger partial charge in [-0.25, -0.2) is 4.79 Å². The normalized spacial score (nSPS) is 10.7. The van der Waals surface area contributed by atoms with Crippen LogP contribution in [0.15, 0.2) is 36.4 Å². The predicted octanol–water partition coefficient (Wildman–Crippen LogP) is 2.36. The zero-order chi connectivity index (χ0) is 24.9. The van der Waals surface area contributed by atoms with Crippen LogP contribution in [0.5, 0.6) is 0 Å². The minimum Gasteiger partial charge on any atom is -0.545 e. The molecule has 0 radical (unpaired) electrons. The zero-order valence-electron chi connectivity index (χ0n) is 21.8. The Kier molecular flexibility index (Phi) is 21.7. The van der Waals surface area contributed by atoms with Gasteiger partial charge < -0.3 is 20.0 Å². The Morgan fingerprint density at radius 1 is 0.829 bits per heavy atom. The van der Waals surface area contributed by atoms with Gasteiger partial charge in [0.25, 0.3) is 0 Å². The summed E-state index contributed by atoms with van der Waals surface area (Å²) in [7, 11) is 0. The molecule has 1 amide bonds. The molecule has 0 saturated heterocycles. The Balaban J connectivity index is 0.0000116. The van der Waals surface area contributed by atoms with Gasteiger partial charge in [0.2, 0.25) is 5.91 Å². The van der Waals surface area contributed by atoms with Crippen LogP contribution in [-0.2, 0) is 9.53 Å². The van der Waals surface area contributed by atoms with Crippen molar-refractivity contribution in [1.29, 1.82) is 0 Å². The van der Waals surface area contributed by atoms with Crippen LogP contribution < -0.4 is 40.0 Å². The molecule has 0 aliphatic heterocycles. The fraction of sp³-hybridized carbons (Fsp3) is 0.607. The van der Waals surface area contributed by atoms with Gasteiger partial charge >= 0.3 is 35.5 Å². The van der Waals surface area contributed by atoms with Gasteiger partial charge in [-0.3, -0.25) is 4.79 Å². The minimum absolute atomic E-state index is 0. The number of benzene rings is 1. The van der Waals surface area contributed by atoms with E-state index >= 15 is 0 Å². The molecular weight excluding hydrogens is 453 g/mol. The Hall–Kier alpha value is -1.63. The molecule has 0 aromatic heterocycles. The largest absolute Gasteiger partial charge is 1.00 e. The first kappa shape index (κ1) is 33.4. The summed E-state index contributed by atoms with van der Waals surface area (Å²) in [6, 6.07) is 5.73. The zero-order valence-corrected chi connectivity index (χ0v) is 23.8. The minimum atomic E-state index is -1.43. The van der Waals surface area contributed by atoms with Gasteiger partial charge in [0.15, 0.2) is 0 Å². The number of unbranched alkanes of at least 4 members (excludes halogenated alkanes) is 11. The molecule has 190 valence electrons. The first-order chi connectivity index (χ1) is 16.6. The van der Waals surface area contributed by atoms with Crippen LogP contribution in [0, 0.1) is 0 Å². The van der Waals surface area contributed by atoms with Gasteiger partial charge in [-0.2, -0.15) is 0 Å². The molecule has 0 fully saturated rings. The van der Waals surface area contributed by atoms with Crippen molar-refractivity contribution in [2.75, 3.05) is 13.2 Å². The maximum atomic E-state index is 12.0. The van der Waals surface area contributed by atoms with Gasteiger partial charge in [-0.15, -0.1) is 0 Å². The number of aromatic carboxylic acids is 1.